The molecule has 1 saturated heterocycles. The lowest BCUT2D eigenvalue weighted by Gasteiger charge is -2.38. The molecule has 0 unspecified atom stereocenters. The van der Waals surface area contributed by atoms with Crippen molar-refractivity contribution >= 4 is 17.5 Å². The van der Waals surface area contributed by atoms with E-state index in [1.807, 2.05) is 32.0 Å². The topological polar surface area (TPSA) is 37.4 Å². The molecule has 1 saturated carbocycles. The van der Waals surface area contributed by atoms with E-state index >= 15 is 0 Å². The maximum absolute atomic E-state index is 12.8. The summed E-state index contributed by atoms with van der Waals surface area (Å²) < 4.78 is 0. The van der Waals surface area contributed by atoms with E-state index in [4.69, 9.17) is 0 Å². The predicted molar refractivity (Wildman–Crippen MR) is 80.7 cm³/mol. The van der Waals surface area contributed by atoms with Crippen LogP contribution in [0.5, 0.6) is 0 Å². The Morgan fingerprint density at radius 1 is 0.905 bits per heavy atom. The highest BCUT2D eigenvalue weighted by Gasteiger charge is 2.56. The zero-order chi connectivity index (χ0) is 14.7. The number of hydrogen-bond acceptors (Lipinski definition) is 2. The second-order valence-corrected chi connectivity index (χ2v) is 6.62. The van der Waals surface area contributed by atoms with E-state index < -0.39 is 0 Å². The monoisotopic (exact) mass is 281 g/mol. The van der Waals surface area contributed by atoms with Crippen molar-refractivity contribution in [3.8, 4) is 0 Å². The van der Waals surface area contributed by atoms with Crippen LogP contribution in [-0.2, 0) is 9.59 Å². The number of fused-ring (bicyclic) bond motifs is 1. The summed E-state index contributed by atoms with van der Waals surface area (Å²) in [7, 11) is 0. The van der Waals surface area contributed by atoms with Gasteiger partial charge in [0, 0.05) is 0 Å². The highest BCUT2D eigenvalue weighted by Crippen LogP contribution is 2.50. The van der Waals surface area contributed by atoms with Gasteiger partial charge in [0.2, 0.25) is 11.8 Å². The van der Waals surface area contributed by atoms with Crippen molar-refractivity contribution in [2.45, 2.75) is 26.7 Å². The lowest BCUT2D eigenvalue weighted by Crippen LogP contribution is -2.38. The molecule has 3 aliphatic carbocycles. The molecule has 0 spiro atoms. The average Bonchev–Trinajstić information content (AvgIpc) is 2.78. The summed E-state index contributed by atoms with van der Waals surface area (Å²) in [5.41, 5.74) is 3.03. The van der Waals surface area contributed by atoms with E-state index in [2.05, 4.69) is 12.2 Å². The molecule has 0 N–H and O–H groups in total. The van der Waals surface area contributed by atoms with Gasteiger partial charge in [-0.1, -0.05) is 18.2 Å². The number of allylic oxidation sites excluding steroid dienone is 2. The van der Waals surface area contributed by atoms with Gasteiger partial charge < -0.3 is 0 Å². The Labute approximate surface area is 124 Å². The van der Waals surface area contributed by atoms with E-state index in [1.54, 1.807) is 0 Å². The molecule has 21 heavy (non-hydrogen) atoms. The van der Waals surface area contributed by atoms with E-state index in [-0.39, 0.29) is 35.5 Å². The molecule has 108 valence electrons. The van der Waals surface area contributed by atoms with Crippen LogP contribution < -0.4 is 4.90 Å². The molecule has 3 nitrogen and oxygen atoms in total. The first-order valence-corrected chi connectivity index (χ1v) is 7.71. The summed E-state index contributed by atoms with van der Waals surface area (Å²) in [5, 5.41) is 0. The number of nitrogens with zero attached hydrogens (tertiary/aromatic N) is 1. The molecule has 2 bridgehead atoms. The molecule has 1 aromatic carbocycles. The summed E-state index contributed by atoms with van der Waals surface area (Å²) >= 11 is 0. The van der Waals surface area contributed by atoms with Crippen molar-refractivity contribution in [2.75, 3.05) is 4.90 Å². The number of hydrogen-bond donors (Lipinski definition) is 0. The minimum atomic E-state index is -0.122. The van der Waals surface area contributed by atoms with Crippen molar-refractivity contribution in [3.05, 3.63) is 41.5 Å². The summed E-state index contributed by atoms with van der Waals surface area (Å²) in [5.74, 6) is 0.284. The third kappa shape index (κ3) is 1.66. The first-order chi connectivity index (χ1) is 10.1. The Hall–Kier alpha value is -1.90. The van der Waals surface area contributed by atoms with Crippen molar-refractivity contribution < 1.29 is 9.59 Å². The molecule has 1 aliphatic heterocycles. The highest BCUT2D eigenvalue weighted by atomic mass is 16.2. The second kappa shape index (κ2) is 4.30. The van der Waals surface area contributed by atoms with Crippen LogP contribution in [0.15, 0.2) is 30.4 Å². The Kier molecular flexibility index (Phi) is 2.62. The molecule has 3 heteroatoms. The van der Waals surface area contributed by atoms with Crippen LogP contribution in [0.2, 0.25) is 0 Å². The van der Waals surface area contributed by atoms with Gasteiger partial charge >= 0.3 is 0 Å². The maximum Gasteiger partial charge on any atom is 0.238 e. The fourth-order valence-corrected chi connectivity index (χ4v) is 4.19. The largest absolute Gasteiger partial charge is 0.274 e. The first-order valence-electron chi connectivity index (χ1n) is 7.71. The molecule has 1 heterocycles. The third-order valence-corrected chi connectivity index (χ3v) is 5.51. The molecule has 0 aromatic heterocycles. The van der Waals surface area contributed by atoms with Crippen LogP contribution in [0.3, 0.4) is 0 Å². The zero-order valence-corrected chi connectivity index (χ0v) is 12.4. The second-order valence-electron chi connectivity index (χ2n) is 6.62. The summed E-state index contributed by atoms with van der Waals surface area (Å²) in [6, 6.07) is 5.84. The average molecular weight is 281 g/mol. The molecule has 2 amide bonds. The molecule has 4 aliphatic rings. The van der Waals surface area contributed by atoms with Gasteiger partial charge in [-0.3, -0.25) is 14.5 Å². The van der Waals surface area contributed by atoms with Gasteiger partial charge in [0.15, 0.2) is 0 Å². The van der Waals surface area contributed by atoms with E-state index in [0.29, 0.717) is 0 Å². The Bertz CT molecular complexity index is 644. The zero-order valence-electron chi connectivity index (χ0n) is 12.4. The number of aryl methyl sites for hydroxylation is 2. The molecule has 0 radical (unpaired) electrons. The minimum Gasteiger partial charge on any atom is -0.274 e. The van der Waals surface area contributed by atoms with Gasteiger partial charge in [0.05, 0.1) is 17.5 Å². The van der Waals surface area contributed by atoms with Crippen LogP contribution in [0.1, 0.15) is 24.0 Å². The standard InChI is InChI=1S/C18H19NO2/c1-10-3-8-14(9-11(10)2)19-17(20)15-12-4-5-13(7-6-12)16(15)18(19)21/h3-5,8-9,12-13,15-16H,6-7H2,1-2H3/t12-,13-,15-,16-/m0/s1. The van der Waals surface area contributed by atoms with Gasteiger partial charge in [-0.05, 0) is 61.8 Å². The Morgan fingerprint density at radius 2 is 1.48 bits per heavy atom. The number of amides is 2. The summed E-state index contributed by atoms with van der Waals surface area (Å²) in [6.45, 7) is 4.05. The maximum atomic E-state index is 12.8. The van der Waals surface area contributed by atoms with Crippen molar-refractivity contribution in [1.29, 1.82) is 0 Å². The summed E-state index contributed by atoms with van der Waals surface area (Å²) in [4.78, 5) is 27.1. The van der Waals surface area contributed by atoms with E-state index in [0.717, 1.165) is 24.1 Å². The molecular weight excluding hydrogens is 262 g/mol. The fourth-order valence-electron chi connectivity index (χ4n) is 4.19. The number of rotatable bonds is 1. The molecule has 5 rings (SSSR count). The van der Waals surface area contributed by atoms with E-state index in [9.17, 15) is 9.59 Å². The van der Waals surface area contributed by atoms with Gasteiger partial charge in [-0.2, -0.15) is 0 Å². The van der Waals surface area contributed by atoms with Gasteiger partial charge in [0.25, 0.3) is 0 Å². The molecule has 4 atom stereocenters. The lowest BCUT2D eigenvalue weighted by molar-refractivity contribution is -0.124. The Morgan fingerprint density at radius 3 is 1.95 bits per heavy atom. The lowest BCUT2D eigenvalue weighted by atomic mass is 9.63. The molecule has 2 fully saturated rings. The fraction of sp³-hybridized carbons (Fsp3) is 0.444. The third-order valence-electron chi connectivity index (χ3n) is 5.51. The van der Waals surface area contributed by atoms with Crippen LogP contribution in [0.4, 0.5) is 5.69 Å². The normalized spacial score (nSPS) is 33.7. The van der Waals surface area contributed by atoms with Crippen LogP contribution in [0.25, 0.3) is 0 Å². The SMILES string of the molecule is Cc1ccc(N2C(=O)[C@@H]3[C@@H](C2=O)[C@H]2C=C[C@H]3CC2)cc1C. The predicted octanol–water partition coefficient (Wildman–Crippen LogP) is 3.01. The van der Waals surface area contributed by atoms with Crippen LogP contribution >= 0.6 is 0 Å². The number of carbonyl (C=O) groups excluding carboxylic acids is 2. The first kappa shape index (κ1) is 12.8. The van der Waals surface area contributed by atoms with Gasteiger partial charge in [-0.25, -0.2) is 0 Å². The van der Waals surface area contributed by atoms with Crippen LogP contribution in [0, 0.1) is 37.5 Å². The number of imide groups is 1. The van der Waals surface area contributed by atoms with Crippen molar-refractivity contribution in [2.24, 2.45) is 23.7 Å². The van der Waals surface area contributed by atoms with E-state index in [1.165, 1.54) is 10.5 Å². The minimum absolute atomic E-state index is 0.00676. The Balaban J connectivity index is 1.76. The van der Waals surface area contributed by atoms with Crippen molar-refractivity contribution in [3.63, 3.8) is 0 Å². The van der Waals surface area contributed by atoms with Crippen molar-refractivity contribution in [1.82, 2.24) is 0 Å². The molecule has 1 aromatic rings. The highest BCUT2D eigenvalue weighted by molar-refractivity contribution is 6.22. The quantitative estimate of drug-likeness (QED) is 0.586. The van der Waals surface area contributed by atoms with Gasteiger partial charge in [-0.15, -0.1) is 0 Å². The number of carbonyl (C=O) groups is 2. The van der Waals surface area contributed by atoms with Gasteiger partial charge in [0.1, 0.15) is 0 Å². The number of benzene rings is 1. The van der Waals surface area contributed by atoms with Crippen LogP contribution in [-0.4, -0.2) is 11.8 Å². The molecular formula is C18H19NO2. The number of anilines is 1. The smallest absolute Gasteiger partial charge is 0.238 e. The summed E-state index contributed by atoms with van der Waals surface area (Å²) in [6.07, 6.45) is 6.40.